The van der Waals surface area contributed by atoms with E-state index in [2.05, 4.69) is 23.2 Å². The lowest BCUT2D eigenvalue weighted by Crippen LogP contribution is -2.40. The highest BCUT2D eigenvalue weighted by molar-refractivity contribution is 6.09. The van der Waals surface area contributed by atoms with Gasteiger partial charge in [-0.2, -0.15) is 0 Å². The first kappa shape index (κ1) is 23.8. The Labute approximate surface area is 211 Å². The zero-order chi connectivity index (χ0) is 25.1. The van der Waals surface area contributed by atoms with Crippen LogP contribution in [-0.2, 0) is 11.3 Å². The summed E-state index contributed by atoms with van der Waals surface area (Å²) in [5.74, 6) is 1.27. The standard InChI is InChI=1S/C30H32N2O4/c1-35-23-13-14-24-26(18-23)31-25-10-6-7-21(30(24)25)19-32(22-8-4-3-5-9-22)29(34)16-12-20-11-15-27(33)28(17-20)36-2/h6-7,10-18,22,31,33H,3-5,8-9,19H2,1-2H3/b16-12+. The number of H-pyrrole nitrogens is 1. The van der Waals surface area contributed by atoms with Crippen molar-refractivity contribution in [1.29, 1.82) is 0 Å². The van der Waals surface area contributed by atoms with Crippen LogP contribution in [0.1, 0.15) is 43.2 Å². The van der Waals surface area contributed by atoms with E-state index in [4.69, 9.17) is 9.47 Å². The van der Waals surface area contributed by atoms with Gasteiger partial charge in [0.15, 0.2) is 11.5 Å². The number of hydrogen-bond donors (Lipinski definition) is 2. The van der Waals surface area contributed by atoms with Crippen LogP contribution in [0.4, 0.5) is 0 Å². The van der Waals surface area contributed by atoms with E-state index in [1.807, 2.05) is 23.1 Å². The summed E-state index contributed by atoms with van der Waals surface area (Å²) in [6.07, 6.45) is 8.98. The van der Waals surface area contributed by atoms with Gasteiger partial charge in [-0.15, -0.1) is 0 Å². The molecule has 36 heavy (non-hydrogen) atoms. The Morgan fingerprint density at radius 3 is 2.64 bits per heavy atom. The van der Waals surface area contributed by atoms with E-state index in [-0.39, 0.29) is 17.7 Å². The summed E-state index contributed by atoms with van der Waals surface area (Å²) < 4.78 is 10.6. The van der Waals surface area contributed by atoms with Crippen LogP contribution in [0.5, 0.6) is 17.2 Å². The number of benzene rings is 3. The molecule has 0 atom stereocenters. The second kappa shape index (κ2) is 10.4. The first-order chi connectivity index (χ1) is 17.6. The van der Waals surface area contributed by atoms with Gasteiger partial charge in [0, 0.05) is 41.0 Å². The third kappa shape index (κ3) is 4.76. The summed E-state index contributed by atoms with van der Waals surface area (Å²) in [6.45, 7) is 0.545. The van der Waals surface area contributed by atoms with Crippen molar-refractivity contribution in [1.82, 2.24) is 9.88 Å². The number of phenols is 1. The number of carbonyl (C=O) groups is 1. The number of phenolic OH excluding ortho intramolecular Hbond substituents is 1. The molecule has 0 aliphatic heterocycles. The minimum Gasteiger partial charge on any atom is -0.504 e. The fourth-order valence-electron chi connectivity index (χ4n) is 5.30. The number of ether oxygens (including phenoxy) is 2. The quantitative estimate of drug-likeness (QED) is 0.297. The maximum atomic E-state index is 13.6. The Hall–Kier alpha value is -3.93. The smallest absolute Gasteiger partial charge is 0.247 e. The Morgan fingerprint density at radius 1 is 1.03 bits per heavy atom. The number of nitrogens with zero attached hydrogens (tertiary/aromatic N) is 1. The minimum atomic E-state index is -0.00699. The summed E-state index contributed by atoms with van der Waals surface area (Å²) in [5.41, 5.74) is 4.00. The maximum Gasteiger partial charge on any atom is 0.247 e. The van der Waals surface area contributed by atoms with Crippen molar-refractivity contribution in [3.63, 3.8) is 0 Å². The van der Waals surface area contributed by atoms with Crippen molar-refractivity contribution in [3.8, 4) is 17.2 Å². The van der Waals surface area contributed by atoms with E-state index < -0.39 is 0 Å². The molecule has 1 heterocycles. The Morgan fingerprint density at radius 2 is 1.86 bits per heavy atom. The van der Waals surface area contributed by atoms with Crippen LogP contribution in [0.2, 0.25) is 0 Å². The number of nitrogens with one attached hydrogen (secondary N) is 1. The molecule has 5 rings (SSSR count). The van der Waals surface area contributed by atoms with Gasteiger partial charge in [-0.05, 0) is 60.4 Å². The molecular formula is C30H32N2O4. The Bertz CT molecular complexity index is 1420. The zero-order valence-corrected chi connectivity index (χ0v) is 20.8. The van der Waals surface area contributed by atoms with Crippen LogP contribution in [0, 0.1) is 0 Å². The first-order valence-electron chi connectivity index (χ1n) is 12.5. The molecule has 4 aromatic rings. The van der Waals surface area contributed by atoms with E-state index in [0.29, 0.717) is 12.3 Å². The first-order valence-corrected chi connectivity index (χ1v) is 12.5. The summed E-state index contributed by atoms with van der Waals surface area (Å²) in [6, 6.07) is 17.6. The van der Waals surface area contributed by atoms with E-state index in [9.17, 15) is 9.90 Å². The maximum absolute atomic E-state index is 13.6. The SMILES string of the molecule is COc1ccc2c(c1)[nH]c1cccc(CN(C(=O)/C=C/c3ccc(O)c(OC)c3)C3CCCCC3)c12. The van der Waals surface area contributed by atoms with Crippen LogP contribution >= 0.6 is 0 Å². The molecule has 0 saturated heterocycles. The van der Waals surface area contributed by atoms with Gasteiger partial charge in [0.05, 0.1) is 19.7 Å². The van der Waals surface area contributed by atoms with Crippen molar-refractivity contribution in [2.45, 2.75) is 44.7 Å². The van der Waals surface area contributed by atoms with Crippen LogP contribution in [0.15, 0.2) is 60.7 Å². The third-order valence-corrected chi connectivity index (χ3v) is 7.18. The molecule has 1 fully saturated rings. The number of aromatic hydroxyl groups is 1. The third-order valence-electron chi connectivity index (χ3n) is 7.18. The molecule has 6 nitrogen and oxygen atoms in total. The van der Waals surface area contributed by atoms with Crippen molar-refractivity contribution in [2.75, 3.05) is 14.2 Å². The van der Waals surface area contributed by atoms with Gasteiger partial charge in [-0.25, -0.2) is 0 Å². The number of fused-ring (bicyclic) bond motifs is 3. The monoisotopic (exact) mass is 484 g/mol. The molecule has 6 heteroatoms. The van der Waals surface area contributed by atoms with Gasteiger partial charge in [-0.1, -0.05) is 37.5 Å². The lowest BCUT2D eigenvalue weighted by molar-refractivity contribution is -0.129. The van der Waals surface area contributed by atoms with Gasteiger partial charge in [0.25, 0.3) is 0 Å². The van der Waals surface area contributed by atoms with Crippen LogP contribution in [0.3, 0.4) is 0 Å². The molecule has 0 radical (unpaired) electrons. The topological polar surface area (TPSA) is 74.8 Å². The molecule has 1 amide bonds. The Kier molecular flexibility index (Phi) is 6.85. The highest BCUT2D eigenvalue weighted by Gasteiger charge is 2.25. The average molecular weight is 485 g/mol. The summed E-state index contributed by atoms with van der Waals surface area (Å²) in [7, 11) is 3.19. The number of carbonyl (C=O) groups excluding carboxylic acids is 1. The Balaban J connectivity index is 1.49. The van der Waals surface area contributed by atoms with Crippen molar-refractivity contribution in [2.24, 2.45) is 0 Å². The second-order valence-electron chi connectivity index (χ2n) is 9.40. The number of hydrogen-bond acceptors (Lipinski definition) is 4. The van der Waals surface area contributed by atoms with Gasteiger partial charge >= 0.3 is 0 Å². The van der Waals surface area contributed by atoms with Crippen molar-refractivity contribution < 1.29 is 19.4 Å². The fourth-order valence-corrected chi connectivity index (χ4v) is 5.30. The lowest BCUT2D eigenvalue weighted by Gasteiger charge is -2.34. The second-order valence-corrected chi connectivity index (χ2v) is 9.40. The van der Waals surface area contributed by atoms with E-state index in [1.165, 1.54) is 13.5 Å². The summed E-state index contributed by atoms with van der Waals surface area (Å²) >= 11 is 0. The molecule has 1 saturated carbocycles. The molecule has 3 aromatic carbocycles. The van der Waals surface area contributed by atoms with Crippen LogP contribution < -0.4 is 9.47 Å². The molecule has 0 unspecified atom stereocenters. The van der Waals surface area contributed by atoms with E-state index in [1.54, 1.807) is 37.5 Å². The normalized spacial score (nSPS) is 14.5. The van der Waals surface area contributed by atoms with E-state index >= 15 is 0 Å². The van der Waals surface area contributed by atoms with Crippen LogP contribution in [0.25, 0.3) is 27.9 Å². The highest BCUT2D eigenvalue weighted by atomic mass is 16.5. The van der Waals surface area contributed by atoms with Gasteiger partial charge < -0.3 is 24.5 Å². The predicted molar refractivity (Wildman–Crippen MR) is 143 cm³/mol. The van der Waals surface area contributed by atoms with E-state index in [0.717, 1.165) is 64.4 Å². The highest BCUT2D eigenvalue weighted by Crippen LogP contribution is 2.33. The number of aromatic amines is 1. The minimum absolute atomic E-state index is 0.00699. The molecule has 2 N–H and O–H groups in total. The van der Waals surface area contributed by atoms with Crippen molar-refractivity contribution >= 4 is 33.8 Å². The summed E-state index contributed by atoms with van der Waals surface area (Å²) in [5, 5.41) is 12.2. The van der Waals surface area contributed by atoms with Gasteiger partial charge in [0.2, 0.25) is 5.91 Å². The average Bonchev–Trinajstić information content (AvgIpc) is 3.30. The van der Waals surface area contributed by atoms with Crippen LogP contribution in [-0.4, -0.2) is 41.2 Å². The molecule has 1 aromatic heterocycles. The predicted octanol–water partition coefficient (Wildman–Crippen LogP) is 6.42. The number of methoxy groups -OCH3 is 2. The molecule has 1 aliphatic carbocycles. The number of amides is 1. The molecule has 186 valence electrons. The largest absolute Gasteiger partial charge is 0.504 e. The van der Waals surface area contributed by atoms with Gasteiger partial charge in [-0.3, -0.25) is 4.79 Å². The van der Waals surface area contributed by atoms with Crippen molar-refractivity contribution in [3.05, 3.63) is 71.8 Å². The summed E-state index contributed by atoms with van der Waals surface area (Å²) in [4.78, 5) is 19.1. The van der Waals surface area contributed by atoms with Gasteiger partial charge in [0.1, 0.15) is 5.75 Å². The molecular weight excluding hydrogens is 452 g/mol. The fraction of sp³-hybridized carbons (Fsp3) is 0.300. The molecule has 0 spiro atoms. The molecule has 1 aliphatic rings. The zero-order valence-electron chi connectivity index (χ0n) is 20.8. The number of aromatic nitrogens is 1. The molecule has 0 bridgehead atoms. The number of rotatable bonds is 7. The lowest BCUT2D eigenvalue weighted by atomic mass is 9.93.